The highest BCUT2D eigenvalue weighted by atomic mass is 16.7. The molecule has 0 N–H and O–H groups in total. The van der Waals surface area contributed by atoms with E-state index < -0.39 is 0 Å². The fourth-order valence-corrected chi connectivity index (χ4v) is 3.28. The van der Waals surface area contributed by atoms with Crippen LogP contribution in [0.4, 0.5) is 0 Å². The maximum Gasteiger partial charge on any atom is 0.465 e. The average Bonchev–Trinajstić information content (AvgIpc) is 2.58. The third-order valence-electron chi connectivity index (χ3n) is 5.30. The van der Waals surface area contributed by atoms with Crippen LogP contribution in [0.15, 0.2) is 23.4 Å². The van der Waals surface area contributed by atoms with E-state index in [2.05, 4.69) is 51.8 Å². The van der Waals surface area contributed by atoms with Crippen LogP contribution in [0.5, 0.6) is 0 Å². The van der Waals surface area contributed by atoms with E-state index in [0.29, 0.717) is 5.82 Å². The van der Waals surface area contributed by atoms with Gasteiger partial charge in [-0.3, -0.25) is 0 Å². The first kappa shape index (κ1) is 14.2. The van der Waals surface area contributed by atoms with Crippen molar-refractivity contribution in [3.8, 4) is 0 Å². The number of allylic oxidation sites excluding steroid dienone is 3. The number of hydrogen-bond donors (Lipinski definition) is 0. The Balaban J connectivity index is 1.77. The van der Waals surface area contributed by atoms with Crippen molar-refractivity contribution >= 4 is 7.12 Å². The Hall–Kier alpha value is -0.735. The largest absolute Gasteiger partial charge is 0.465 e. The van der Waals surface area contributed by atoms with Crippen molar-refractivity contribution in [2.24, 2.45) is 0 Å². The van der Waals surface area contributed by atoms with Gasteiger partial charge in [0.25, 0.3) is 0 Å². The lowest BCUT2D eigenvalue weighted by Crippen LogP contribution is -2.41. The molecule has 0 aromatic heterocycles. The predicted molar refractivity (Wildman–Crippen MR) is 82.5 cm³/mol. The lowest BCUT2D eigenvalue weighted by atomic mass is 9.66. The van der Waals surface area contributed by atoms with E-state index in [1.54, 1.807) is 0 Å². The molecule has 2 fully saturated rings. The molecule has 0 saturated carbocycles. The molecular formula is C16H26BNO2. The van der Waals surface area contributed by atoms with Gasteiger partial charge in [-0.2, -0.15) is 0 Å². The molecule has 1 atom stereocenters. The van der Waals surface area contributed by atoms with Gasteiger partial charge in [0.1, 0.15) is 0 Å². The van der Waals surface area contributed by atoms with Crippen LogP contribution in [0.25, 0.3) is 0 Å². The predicted octanol–water partition coefficient (Wildman–Crippen LogP) is 3.39. The molecular weight excluding hydrogens is 249 g/mol. The second kappa shape index (κ2) is 4.64. The highest BCUT2D eigenvalue weighted by Crippen LogP contribution is 2.44. The maximum atomic E-state index is 6.20. The molecule has 0 aromatic rings. The van der Waals surface area contributed by atoms with Gasteiger partial charge >= 0.3 is 7.12 Å². The molecule has 3 aliphatic rings. The molecule has 0 aromatic carbocycles. The van der Waals surface area contributed by atoms with Crippen molar-refractivity contribution in [2.75, 3.05) is 13.6 Å². The van der Waals surface area contributed by atoms with Gasteiger partial charge in [-0.1, -0.05) is 12.2 Å². The smallest absolute Gasteiger partial charge is 0.403 e. The second-order valence-electron chi connectivity index (χ2n) is 7.33. The van der Waals surface area contributed by atoms with Crippen molar-refractivity contribution < 1.29 is 9.31 Å². The molecule has 3 rings (SSSR count). The number of piperidine rings is 1. The van der Waals surface area contributed by atoms with Gasteiger partial charge < -0.3 is 14.2 Å². The van der Waals surface area contributed by atoms with E-state index in [9.17, 15) is 0 Å². The van der Waals surface area contributed by atoms with Crippen LogP contribution in [-0.4, -0.2) is 36.8 Å². The average molecular weight is 275 g/mol. The molecule has 110 valence electrons. The minimum Gasteiger partial charge on any atom is -0.403 e. The first-order valence-corrected chi connectivity index (χ1v) is 7.78. The van der Waals surface area contributed by atoms with Crippen molar-refractivity contribution in [2.45, 2.75) is 64.0 Å². The first-order valence-electron chi connectivity index (χ1n) is 7.78. The third-order valence-corrected chi connectivity index (χ3v) is 5.30. The fraction of sp³-hybridized carbons (Fsp3) is 0.750. The summed E-state index contributed by atoms with van der Waals surface area (Å²) in [6, 6.07) is 0. The van der Waals surface area contributed by atoms with E-state index >= 15 is 0 Å². The minimum absolute atomic E-state index is 0.113. The topological polar surface area (TPSA) is 21.7 Å². The summed E-state index contributed by atoms with van der Waals surface area (Å²) < 4.78 is 12.4. The molecule has 0 bridgehead atoms. The normalized spacial score (nSPS) is 31.8. The standard InChI is InChI=1S/C16H26BNO2/c1-15(2)16(3,4)20-17(19-15)13-8-9-14-12(11-13)7-6-10-18(14)5/h9,11,13H,6-8,10H2,1-5H3. The zero-order valence-corrected chi connectivity index (χ0v) is 13.4. The fourth-order valence-electron chi connectivity index (χ4n) is 3.28. The van der Waals surface area contributed by atoms with Crippen LogP contribution in [0.2, 0.25) is 5.82 Å². The van der Waals surface area contributed by atoms with Crippen molar-refractivity contribution in [1.29, 1.82) is 0 Å². The Labute approximate surface area is 123 Å². The Morgan fingerprint density at radius 3 is 2.50 bits per heavy atom. The summed E-state index contributed by atoms with van der Waals surface area (Å²) in [5, 5.41) is 0. The van der Waals surface area contributed by atoms with Gasteiger partial charge in [0.15, 0.2) is 0 Å². The molecule has 1 unspecified atom stereocenters. The van der Waals surface area contributed by atoms with Crippen LogP contribution in [0, 0.1) is 0 Å². The van der Waals surface area contributed by atoms with Crippen molar-refractivity contribution in [3.05, 3.63) is 23.4 Å². The van der Waals surface area contributed by atoms with E-state index in [-0.39, 0.29) is 18.3 Å². The van der Waals surface area contributed by atoms with E-state index in [4.69, 9.17) is 9.31 Å². The molecule has 4 heteroatoms. The molecule has 2 saturated heterocycles. The summed E-state index contributed by atoms with van der Waals surface area (Å²) >= 11 is 0. The maximum absolute atomic E-state index is 6.20. The highest BCUT2D eigenvalue weighted by Gasteiger charge is 2.53. The Morgan fingerprint density at radius 2 is 1.85 bits per heavy atom. The second-order valence-corrected chi connectivity index (χ2v) is 7.33. The lowest BCUT2D eigenvalue weighted by molar-refractivity contribution is 0.00578. The van der Waals surface area contributed by atoms with E-state index in [1.165, 1.54) is 30.7 Å². The summed E-state index contributed by atoms with van der Waals surface area (Å²) in [4.78, 5) is 2.37. The first-order chi connectivity index (χ1) is 9.30. The van der Waals surface area contributed by atoms with Crippen LogP contribution in [0.1, 0.15) is 47.0 Å². The van der Waals surface area contributed by atoms with Crippen molar-refractivity contribution in [1.82, 2.24) is 4.90 Å². The number of likely N-dealkylation sites (N-methyl/N-ethyl adjacent to an activating group) is 1. The summed E-state index contributed by atoms with van der Waals surface area (Å²) in [5.74, 6) is 0.348. The monoisotopic (exact) mass is 275 g/mol. The van der Waals surface area contributed by atoms with Gasteiger partial charge in [-0.05, 0) is 52.5 Å². The molecule has 0 spiro atoms. The minimum atomic E-state index is -0.233. The number of fused-ring (bicyclic) bond motifs is 1. The summed E-state index contributed by atoms with van der Waals surface area (Å²) in [6.45, 7) is 9.67. The molecule has 0 amide bonds. The third kappa shape index (κ3) is 2.23. The SMILES string of the molecule is CN1CCCC2=CC(B3OC(C)(C)C(C)(C)O3)CC=C21. The van der Waals surface area contributed by atoms with Gasteiger partial charge in [0.05, 0.1) is 11.2 Å². The van der Waals surface area contributed by atoms with Gasteiger partial charge in [0.2, 0.25) is 0 Å². The molecule has 0 radical (unpaired) electrons. The van der Waals surface area contributed by atoms with Crippen LogP contribution < -0.4 is 0 Å². The molecule has 20 heavy (non-hydrogen) atoms. The van der Waals surface area contributed by atoms with E-state index in [1.807, 2.05) is 0 Å². The van der Waals surface area contributed by atoms with Crippen LogP contribution in [0.3, 0.4) is 0 Å². The Bertz CT molecular complexity index is 451. The van der Waals surface area contributed by atoms with E-state index in [0.717, 1.165) is 6.42 Å². The van der Waals surface area contributed by atoms with Crippen LogP contribution >= 0.6 is 0 Å². The molecule has 2 heterocycles. The molecule has 1 aliphatic carbocycles. The molecule has 3 nitrogen and oxygen atoms in total. The zero-order valence-electron chi connectivity index (χ0n) is 13.4. The Morgan fingerprint density at radius 1 is 1.20 bits per heavy atom. The lowest BCUT2D eigenvalue weighted by Gasteiger charge is -2.34. The van der Waals surface area contributed by atoms with Gasteiger partial charge in [-0.15, -0.1) is 0 Å². The van der Waals surface area contributed by atoms with Gasteiger partial charge in [0, 0.05) is 25.1 Å². The molecule has 2 aliphatic heterocycles. The van der Waals surface area contributed by atoms with Crippen molar-refractivity contribution in [3.63, 3.8) is 0 Å². The zero-order chi connectivity index (χ0) is 14.5. The Kier molecular flexibility index (Phi) is 3.30. The summed E-state index contributed by atoms with van der Waals surface area (Å²) in [6.07, 6.45) is 8.21. The highest BCUT2D eigenvalue weighted by molar-refractivity contribution is 6.48. The van der Waals surface area contributed by atoms with Gasteiger partial charge in [-0.25, -0.2) is 0 Å². The quantitative estimate of drug-likeness (QED) is 0.685. The number of hydrogen-bond acceptors (Lipinski definition) is 3. The summed E-state index contributed by atoms with van der Waals surface area (Å²) in [5.41, 5.74) is 2.43. The number of likely N-dealkylation sites (tertiary alicyclic amines) is 1. The summed E-state index contributed by atoms with van der Waals surface area (Å²) in [7, 11) is 2.08. The van der Waals surface area contributed by atoms with Crippen LogP contribution in [-0.2, 0) is 9.31 Å². The number of nitrogens with zero attached hydrogens (tertiary/aromatic N) is 1. The number of rotatable bonds is 1.